The normalized spacial score (nSPS) is 7.83. The van der Waals surface area contributed by atoms with Gasteiger partial charge in [-0.25, -0.2) is 0 Å². The summed E-state index contributed by atoms with van der Waals surface area (Å²) in [6, 6.07) is 9.10. The van der Waals surface area contributed by atoms with Gasteiger partial charge in [0.25, 0.3) is 0 Å². The number of carbonyl (C=O) groups excluding carboxylic acids is 2. The van der Waals surface area contributed by atoms with Gasteiger partial charge in [0.05, 0.1) is 0 Å². The highest BCUT2D eigenvalue weighted by Gasteiger charge is 1.79. The largest absolute Gasteiger partial charge is 0.298 e. The van der Waals surface area contributed by atoms with E-state index in [1.54, 1.807) is 12.1 Å². The van der Waals surface area contributed by atoms with Crippen molar-refractivity contribution in [2.45, 2.75) is 6.92 Å². The number of hydrogen-bond donors (Lipinski definition) is 0. The summed E-state index contributed by atoms with van der Waals surface area (Å²) < 4.78 is 0. The van der Waals surface area contributed by atoms with Crippen molar-refractivity contribution in [2.75, 3.05) is 0 Å². The highest BCUT2D eigenvalue weighted by Crippen LogP contribution is 1.91. The summed E-state index contributed by atoms with van der Waals surface area (Å²) in [7, 11) is 0. The molecule has 0 heterocycles. The van der Waals surface area contributed by atoms with E-state index in [1.165, 1.54) is 6.92 Å². The molecule has 0 N–H and O–H groups in total. The van der Waals surface area contributed by atoms with Crippen LogP contribution in [-0.4, -0.2) is 11.5 Å². The molecule has 1 rings (SSSR count). The van der Waals surface area contributed by atoms with Gasteiger partial charge in [0.2, 0.25) is 5.24 Å². The van der Waals surface area contributed by atoms with Crippen LogP contribution in [0.1, 0.15) is 17.3 Å². The molecular weight excluding hydrogens is 176 g/mol. The first-order valence-corrected chi connectivity index (χ1v) is 3.71. The van der Waals surface area contributed by atoms with Gasteiger partial charge in [0.15, 0.2) is 0 Å². The number of benzene rings is 1. The first-order valence-electron chi connectivity index (χ1n) is 3.33. The fourth-order valence-corrected chi connectivity index (χ4v) is 0.532. The summed E-state index contributed by atoms with van der Waals surface area (Å²) >= 11 is 4.64. The zero-order valence-electron chi connectivity index (χ0n) is 6.66. The first kappa shape index (κ1) is 10.8. The van der Waals surface area contributed by atoms with Gasteiger partial charge in [-0.15, -0.1) is 0 Å². The summed E-state index contributed by atoms with van der Waals surface area (Å²) in [6.45, 7) is 1.29. The summed E-state index contributed by atoms with van der Waals surface area (Å²) in [4.78, 5) is 19.2. The van der Waals surface area contributed by atoms with Crippen LogP contribution in [-0.2, 0) is 4.79 Å². The molecule has 0 atom stereocenters. The maximum absolute atomic E-state index is 10.0. The van der Waals surface area contributed by atoms with Gasteiger partial charge >= 0.3 is 0 Å². The smallest absolute Gasteiger partial charge is 0.218 e. The second-order valence-electron chi connectivity index (χ2n) is 2.00. The number of aldehydes is 1. The Kier molecular flexibility index (Phi) is 5.93. The van der Waals surface area contributed by atoms with Gasteiger partial charge in [0, 0.05) is 12.5 Å². The Morgan fingerprint density at radius 1 is 1.33 bits per heavy atom. The molecule has 0 fully saturated rings. The fourth-order valence-electron chi connectivity index (χ4n) is 0.532. The molecule has 64 valence electrons. The number of hydrogen-bond acceptors (Lipinski definition) is 2. The third-order valence-electron chi connectivity index (χ3n) is 0.936. The molecule has 3 heteroatoms. The second-order valence-corrected chi connectivity index (χ2v) is 2.53. The summed E-state index contributed by atoms with van der Waals surface area (Å²) in [5, 5.41) is -0.361. The van der Waals surface area contributed by atoms with Crippen molar-refractivity contribution < 1.29 is 9.59 Å². The lowest BCUT2D eigenvalue weighted by molar-refractivity contribution is -0.109. The summed E-state index contributed by atoms with van der Waals surface area (Å²) in [5.74, 6) is 0. The molecule has 0 saturated carbocycles. The number of halogens is 1. The molecule has 0 bridgehead atoms. The Hall–Kier alpha value is -1.15. The van der Waals surface area contributed by atoms with E-state index in [2.05, 4.69) is 11.6 Å². The van der Waals surface area contributed by atoms with E-state index >= 15 is 0 Å². The molecular formula is C9H9ClO2. The topological polar surface area (TPSA) is 34.1 Å². The van der Waals surface area contributed by atoms with Crippen molar-refractivity contribution in [2.24, 2.45) is 0 Å². The van der Waals surface area contributed by atoms with Crippen LogP contribution in [0.2, 0.25) is 0 Å². The van der Waals surface area contributed by atoms with Gasteiger partial charge in [-0.05, 0) is 11.6 Å². The molecule has 0 aliphatic rings. The van der Waals surface area contributed by atoms with Crippen LogP contribution in [0.5, 0.6) is 0 Å². The van der Waals surface area contributed by atoms with Crippen molar-refractivity contribution in [3.8, 4) is 0 Å². The molecule has 0 amide bonds. The molecule has 1 aromatic rings. The Labute approximate surface area is 76.2 Å². The van der Waals surface area contributed by atoms with E-state index in [0.717, 1.165) is 11.8 Å². The van der Waals surface area contributed by atoms with Gasteiger partial charge in [-0.1, -0.05) is 30.3 Å². The lowest BCUT2D eigenvalue weighted by atomic mass is 10.2. The zero-order chi connectivity index (χ0) is 9.40. The molecule has 0 unspecified atom stereocenters. The van der Waals surface area contributed by atoms with Crippen LogP contribution in [0.4, 0.5) is 0 Å². The molecule has 2 nitrogen and oxygen atoms in total. The highest BCUT2D eigenvalue weighted by atomic mass is 35.5. The standard InChI is InChI=1S/C7H6O.C2H3ClO/c8-6-7-4-2-1-3-5-7;1-2(3)4/h1-6H;1H3. The molecule has 1 aromatic carbocycles. The Morgan fingerprint density at radius 3 is 2.00 bits per heavy atom. The summed E-state index contributed by atoms with van der Waals surface area (Å²) in [6.07, 6.45) is 0.833. The molecule has 0 spiro atoms. The van der Waals surface area contributed by atoms with E-state index < -0.39 is 0 Å². The van der Waals surface area contributed by atoms with Crippen molar-refractivity contribution >= 4 is 23.1 Å². The molecule has 0 aliphatic carbocycles. The summed E-state index contributed by atoms with van der Waals surface area (Å²) in [5.41, 5.74) is 0.729. The average Bonchev–Trinajstić information content (AvgIpc) is 2.05. The van der Waals surface area contributed by atoms with Crippen molar-refractivity contribution in [1.29, 1.82) is 0 Å². The third-order valence-corrected chi connectivity index (χ3v) is 0.936. The van der Waals surface area contributed by atoms with Crippen LogP contribution in [0.25, 0.3) is 0 Å². The van der Waals surface area contributed by atoms with Crippen LogP contribution in [0, 0.1) is 0 Å². The lowest BCUT2D eigenvalue weighted by Gasteiger charge is -1.81. The molecule has 12 heavy (non-hydrogen) atoms. The maximum atomic E-state index is 10.0. The highest BCUT2D eigenvalue weighted by molar-refractivity contribution is 6.62. The molecule has 0 aliphatic heterocycles. The third kappa shape index (κ3) is 6.96. The molecule has 0 radical (unpaired) electrons. The van der Waals surface area contributed by atoms with E-state index in [-0.39, 0.29) is 5.24 Å². The predicted molar refractivity (Wildman–Crippen MR) is 48.4 cm³/mol. The van der Waals surface area contributed by atoms with E-state index in [4.69, 9.17) is 0 Å². The Morgan fingerprint density at radius 2 is 1.75 bits per heavy atom. The van der Waals surface area contributed by atoms with Gasteiger partial charge < -0.3 is 0 Å². The average molecular weight is 185 g/mol. The SMILES string of the molecule is CC(=O)Cl.O=Cc1ccccc1. The minimum atomic E-state index is -0.361. The van der Waals surface area contributed by atoms with E-state index in [0.29, 0.717) is 0 Å². The van der Waals surface area contributed by atoms with Crippen molar-refractivity contribution in [1.82, 2.24) is 0 Å². The van der Waals surface area contributed by atoms with Gasteiger partial charge in [-0.2, -0.15) is 0 Å². The minimum Gasteiger partial charge on any atom is -0.298 e. The van der Waals surface area contributed by atoms with Gasteiger partial charge in [-0.3, -0.25) is 9.59 Å². The van der Waals surface area contributed by atoms with Gasteiger partial charge in [0.1, 0.15) is 6.29 Å². The van der Waals surface area contributed by atoms with Crippen LogP contribution < -0.4 is 0 Å². The minimum absolute atomic E-state index is 0.361. The lowest BCUT2D eigenvalue weighted by Crippen LogP contribution is -1.73. The molecule has 0 saturated heterocycles. The fraction of sp³-hybridized carbons (Fsp3) is 0.111. The maximum Gasteiger partial charge on any atom is 0.218 e. The zero-order valence-corrected chi connectivity index (χ0v) is 7.41. The molecule has 0 aromatic heterocycles. The van der Waals surface area contributed by atoms with Crippen molar-refractivity contribution in [3.63, 3.8) is 0 Å². The van der Waals surface area contributed by atoms with Crippen LogP contribution in [0.15, 0.2) is 30.3 Å². The van der Waals surface area contributed by atoms with Crippen LogP contribution >= 0.6 is 11.6 Å². The Bertz CT molecular complexity index is 240. The number of rotatable bonds is 1. The second kappa shape index (κ2) is 6.55. The number of carbonyl (C=O) groups is 2. The van der Waals surface area contributed by atoms with E-state index in [9.17, 15) is 9.59 Å². The first-order chi connectivity index (χ1) is 5.66. The van der Waals surface area contributed by atoms with E-state index in [1.807, 2.05) is 18.2 Å². The van der Waals surface area contributed by atoms with Crippen LogP contribution in [0.3, 0.4) is 0 Å². The Balaban J connectivity index is 0.000000261. The van der Waals surface area contributed by atoms with Crippen molar-refractivity contribution in [3.05, 3.63) is 35.9 Å². The quantitative estimate of drug-likeness (QED) is 0.496. The monoisotopic (exact) mass is 184 g/mol. The predicted octanol–water partition coefficient (Wildman–Crippen LogP) is 2.27.